The maximum atomic E-state index is 12.5. The van der Waals surface area contributed by atoms with Crippen LogP contribution in [0.2, 0.25) is 0 Å². The minimum absolute atomic E-state index is 0.0486. The van der Waals surface area contributed by atoms with Crippen molar-refractivity contribution in [3.8, 4) is 0 Å². The van der Waals surface area contributed by atoms with Gasteiger partial charge in [-0.1, -0.05) is 19.3 Å². The van der Waals surface area contributed by atoms with Gasteiger partial charge in [0.2, 0.25) is 5.91 Å². The van der Waals surface area contributed by atoms with Crippen molar-refractivity contribution in [1.29, 1.82) is 0 Å². The van der Waals surface area contributed by atoms with Gasteiger partial charge in [0.05, 0.1) is 18.1 Å². The number of ether oxygens (including phenoxy) is 1. The van der Waals surface area contributed by atoms with Crippen LogP contribution in [0.3, 0.4) is 0 Å². The fraction of sp³-hybridized carbons (Fsp3) is 0.652. The van der Waals surface area contributed by atoms with E-state index in [1.54, 1.807) is 13.0 Å². The van der Waals surface area contributed by atoms with Crippen molar-refractivity contribution in [3.05, 3.63) is 24.2 Å². The van der Waals surface area contributed by atoms with Crippen LogP contribution in [0, 0.1) is 5.92 Å². The normalized spacial score (nSPS) is 21.6. The Hall–Kier alpha value is -2.52. The highest BCUT2D eigenvalue weighted by atomic mass is 16.8. The largest absolute Gasteiger partial charge is 0.357 e. The van der Waals surface area contributed by atoms with Crippen molar-refractivity contribution >= 4 is 23.7 Å². The van der Waals surface area contributed by atoms with Gasteiger partial charge in [-0.15, -0.1) is 0 Å². The fourth-order valence-electron chi connectivity index (χ4n) is 4.01. The van der Waals surface area contributed by atoms with Crippen molar-refractivity contribution in [2.24, 2.45) is 5.92 Å². The minimum atomic E-state index is -0.429. The third-order valence-electron chi connectivity index (χ3n) is 5.99. The summed E-state index contributed by atoms with van der Waals surface area (Å²) in [4.78, 5) is 38.2. The van der Waals surface area contributed by atoms with Gasteiger partial charge in [-0.2, -0.15) is 0 Å². The summed E-state index contributed by atoms with van der Waals surface area (Å²) in [5.41, 5.74) is 2.87. The first-order chi connectivity index (χ1) is 15.5. The lowest BCUT2D eigenvalue weighted by atomic mass is 9.84. The lowest BCUT2D eigenvalue weighted by Crippen LogP contribution is -2.45. The van der Waals surface area contributed by atoms with Gasteiger partial charge in [-0.05, 0) is 51.5 Å². The Morgan fingerprint density at radius 1 is 1.09 bits per heavy atom. The van der Waals surface area contributed by atoms with E-state index in [1.165, 1.54) is 50.6 Å². The molecule has 1 saturated carbocycles. The van der Waals surface area contributed by atoms with Crippen molar-refractivity contribution in [2.75, 3.05) is 11.9 Å². The standard InChI is InChI=1S/C23H35N5O4/c1-16(18-8-4-3-5-9-18)27-23(30)17(2)26-20-15-24-19(14-25-20)11-12-21(29)28-32-22-10-6-7-13-31-22/h11-12,14-18,22H,3-10,13H2,1-2H3,(H,25,26)(H,27,30)(H,28,29)/b12-11+/t16-,17-,22?/m1/s1. The maximum Gasteiger partial charge on any atom is 0.267 e. The monoisotopic (exact) mass is 445 g/mol. The molecule has 2 fully saturated rings. The molecule has 0 radical (unpaired) electrons. The smallest absolute Gasteiger partial charge is 0.267 e. The van der Waals surface area contributed by atoms with Gasteiger partial charge in [-0.25, -0.2) is 15.3 Å². The van der Waals surface area contributed by atoms with Crippen LogP contribution in [0.1, 0.15) is 70.9 Å². The van der Waals surface area contributed by atoms with Gasteiger partial charge in [-0.3, -0.25) is 14.6 Å². The van der Waals surface area contributed by atoms with E-state index < -0.39 is 18.2 Å². The molecule has 176 valence electrons. The van der Waals surface area contributed by atoms with Crippen LogP contribution in [0.15, 0.2) is 18.5 Å². The molecular formula is C23H35N5O4. The molecule has 0 aromatic carbocycles. The zero-order valence-electron chi connectivity index (χ0n) is 19.0. The SMILES string of the molecule is C[C@@H](Nc1cnc(/C=C/C(=O)NOC2CCCCO2)cn1)C(=O)N[C@H](C)C1CCCCC1. The molecule has 9 nitrogen and oxygen atoms in total. The highest BCUT2D eigenvalue weighted by Crippen LogP contribution is 2.26. The molecule has 3 N–H and O–H groups in total. The number of hydrogen-bond acceptors (Lipinski definition) is 7. The molecule has 3 rings (SSSR count). The summed E-state index contributed by atoms with van der Waals surface area (Å²) in [5.74, 6) is 0.605. The highest BCUT2D eigenvalue weighted by molar-refractivity contribution is 5.90. The second kappa shape index (κ2) is 12.5. The molecule has 1 aliphatic heterocycles. The lowest BCUT2D eigenvalue weighted by molar-refractivity contribution is -0.198. The molecule has 32 heavy (non-hydrogen) atoms. The Morgan fingerprint density at radius 3 is 2.56 bits per heavy atom. The number of aromatic nitrogens is 2. The third-order valence-corrected chi connectivity index (χ3v) is 5.99. The fourth-order valence-corrected chi connectivity index (χ4v) is 4.01. The maximum absolute atomic E-state index is 12.5. The summed E-state index contributed by atoms with van der Waals surface area (Å²) in [6, 6.07) is -0.257. The summed E-state index contributed by atoms with van der Waals surface area (Å²) in [6.45, 7) is 4.54. The lowest BCUT2D eigenvalue weighted by Gasteiger charge is -2.29. The van der Waals surface area contributed by atoms with Crippen LogP contribution in [0.4, 0.5) is 5.82 Å². The van der Waals surface area contributed by atoms with Crippen LogP contribution in [0.25, 0.3) is 6.08 Å². The molecule has 1 aliphatic carbocycles. The van der Waals surface area contributed by atoms with Gasteiger partial charge in [0.25, 0.3) is 5.91 Å². The Labute approximate surface area is 189 Å². The molecule has 1 saturated heterocycles. The summed E-state index contributed by atoms with van der Waals surface area (Å²) >= 11 is 0. The first-order valence-electron chi connectivity index (χ1n) is 11.7. The molecule has 3 atom stereocenters. The quantitative estimate of drug-likeness (QED) is 0.395. The molecule has 0 bridgehead atoms. The van der Waals surface area contributed by atoms with Gasteiger partial charge < -0.3 is 15.4 Å². The Morgan fingerprint density at radius 2 is 1.88 bits per heavy atom. The number of nitrogens with zero attached hydrogens (tertiary/aromatic N) is 2. The first-order valence-corrected chi connectivity index (χ1v) is 11.7. The van der Waals surface area contributed by atoms with Crippen LogP contribution in [-0.4, -0.2) is 46.8 Å². The average molecular weight is 446 g/mol. The van der Waals surface area contributed by atoms with Crippen molar-refractivity contribution < 1.29 is 19.2 Å². The van der Waals surface area contributed by atoms with Crippen LogP contribution in [-0.2, 0) is 19.2 Å². The molecule has 9 heteroatoms. The molecule has 2 aliphatic rings. The Bertz CT molecular complexity index is 758. The molecule has 1 unspecified atom stereocenters. The molecule has 1 aromatic rings. The minimum Gasteiger partial charge on any atom is -0.357 e. The van der Waals surface area contributed by atoms with E-state index in [4.69, 9.17) is 9.57 Å². The third kappa shape index (κ3) is 7.87. The van der Waals surface area contributed by atoms with E-state index in [1.807, 2.05) is 0 Å². The van der Waals surface area contributed by atoms with Gasteiger partial charge >= 0.3 is 0 Å². The average Bonchev–Trinajstić information content (AvgIpc) is 2.83. The van der Waals surface area contributed by atoms with E-state index in [9.17, 15) is 9.59 Å². The summed E-state index contributed by atoms with van der Waals surface area (Å²) in [6.07, 6.45) is 14.5. The van der Waals surface area contributed by atoms with E-state index >= 15 is 0 Å². The van der Waals surface area contributed by atoms with E-state index in [0.29, 0.717) is 24.0 Å². The van der Waals surface area contributed by atoms with Gasteiger partial charge in [0.1, 0.15) is 11.9 Å². The summed E-state index contributed by atoms with van der Waals surface area (Å²) in [7, 11) is 0. The molecule has 1 aromatic heterocycles. The Balaban J connectivity index is 1.40. The number of nitrogens with one attached hydrogen (secondary N) is 3. The Kier molecular flexibility index (Phi) is 9.43. The molecule has 2 heterocycles. The predicted molar refractivity (Wildman–Crippen MR) is 121 cm³/mol. The predicted octanol–water partition coefficient (Wildman–Crippen LogP) is 2.95. The number of hydrogen-bond donors (Lipinski definition) is 3. The van der Waals surface area contributed by atoms with E-state index in [-0.39, 0.29) is 11.9 Å². The van der Waals surface area contributed by atoms with Crippen LogP contribution < -0.4 is 16.1 Å². The van der Waals surface area contributed by atoms with E-state index in [0.717, 1.165) is 19.3 Å². The van der Waals surface area contributed by atoms with Crippen molar-refractivity contribution in [2.45, 2.75) is 83.6 Å². The summed E-state index contributed by atoms with van der Waals surface area (Å²) < 4.78 is 5.39. The van der Waals surface area contributed by atoms with Crippen molar-refractivity contribution in [1.82, 2.24) is 20.8 Å². The molecule has 2 amide bonds. The zero-order valence-corrected chi connectivity index (χ0v) is 19.0. The molecule has 0 spiro atoms. The van der Waals surface area contributed by atoms with Gasteiger partial charge in [0, 0.05) is 25.1 Å². The van der Waals surface area contributed by atoms with Gasteiger partial charge in [0.15, 0.2) is 6.29 Å². The first kappa shape index (κ1) is 24.1. The van der Waals surface area contributed by atoms with Crippen molar-refractivity contribution in [3.63, 3.8) is 0 Å². The number of hydroxylamine groups is 1. The zero-order chi connectivity index (χ0) is 22.8. The number of amides is 2. The number of carbonyl (C=O) groups excluding carboxylic acids is 2. The second-order valence-electron chi connectivity index (χ2n) is 8.60. The van der Waals surface area contributed by atoms with Crippen LogP contribution >= 0.6 is 0 Å². The number of carbonyl (C=O) groups is 2. The summed E-state index contributed by atoms with van der Waals surface area (Å²) in [5, 5.41) is 6.20. The second-order valence-corrected chi connectivity index (χ2v) is 8.60. The van der Waals surface area contributed by atoms with Crippen LogP contribution in [0.5, 0.6) is 0 Å². The molecular weight excluding hydrogens is 410 g/mol. The number of anilines is 1. The highest BCUT2D eigenvalue weighted by Gasteiger charge is 2.23. The topological polar surface area (TPSA) is 114 Å². The number of rotatable bonds is 9. The van der Waals surface area contributed by atoms with E-state index in [2.05, 4.69) is 33.0 Å².